The van der Waals surface area contributed by atoms with Crippen LogP contribution >= 0.6 is 0 Å². The molecule has 0 atom stereocenters. The molecule has 2 N–H and O–H groups in total. The number of hydrogen-bond donors (Lipinski definition) is 2. The van der Waals surface area contributed by atoms with E-state index in [-0.39, 0.29) is 18.1 Å². The van der Waals surface area contributed by atoms with Crippen molar-refractivity contribution in [1.82, 2.24) is 5.32 Å². The SMILES string of the molecule is CC(C)(C)OC(=O)Nc1ccc(CC(=O)NC2(c3ccc(F)cc3)CCOCC2)cc1. The number of ether oxygens (including phenoxy) is 2. The van der Waals surface area contributed by atoms with Crippen molar-refractivity contribution in [2.24, 2.45) is 0 Å². The number of rotatable bonds is 5. The summed E-state index contributed by atoms with van der Waals surface area (Å²) in [5, 5.41) is 5.83. The van der Waals surface area contributed by atoms with E-state index in [9.17, 15) is 14.0 Å². The summed E-state index contributed by atoms with van der Waals surface area (Å²) in [6.45, 7) is 6.45. The molecule has 0 radical (unpaired) electrons. The van der Waals surface area contributed by atoms with E-state index >= 15 is 0 Å². The van der Waals surface area contributed by atoms with Gasteiger partial charge in [0.25, 0.3) is 0 Å². The van der Waals surface area contributed by atoms with Crippen LogP contribution in [0.5, 0.6) is 0 Å². The topological polar surface area (TPSA) is 76.7 Å². The molecule has 0 spiro atoms. The number of halogens is 1. The highest BCUT2D eigenvalue weighted by molar-refractivity contribution is 5.85. The molecule has 0 aliphatic carbocycles. The number of nitrogens with one attached hydrogen (secondary N) is 2. The minimum atomic E-state index is -0.577. The van der Waals surface area contributed by atoms with Gasteiger partial charge in [0.2, 0.25) is 5.91 Å². The van der Waals surface area contributed by atoms with E-state index in [1.807, 2.05) is 0 Å². The molecular weight excluding hydrogens is 399 g/mol. The first-order valence-electron chi connectivity index (χ1n) is 10.4. The van der Waals surface area contributed by atoms with Crippen LogP contribution in [0.3, 0.4) is 0 Å². The van der Waals surface area contributed by atoms with Gasteiger partial charge in [0.15, 0.2) is 0 Å². The van der Waals surface area contributed by atoms with Gasteiger partial charge >= 0.3 is 6.09 Å². The Morgan fingerprint density at radius 3 is 2.23 bits per heavy atom. The summed E-state index contributed by atoms with van der Waals surface area (Å²) in [5.74, 6) is -0.434. The minimum absolute atomic E-state index is 0.126. The molecule has 6 nitrogen and oxygen atoms in total. The Kier molecular flexibility index (Phi) is 6.95. The molecule has 1 saturated heterocycles. The van der Waals surface area contributed by atoms with Gasteiger partial charge in [-0.1, -0.05) is 24.3 Å². The third kappa shape index (κ3) is 6.52. The van der Waals surface area contributed by atoms with E-state index in [0.29, 0.717) is 31.7 Å². The maximum absolute atomic E-state index is 13.4. The lowest BCUT2D eigenvalue weighted by molar-refractivity contribution is -0.123. The molecule has 0 unspecified atom stereocenters. The summed E-state index contributed by atoms with van der Waals surface area (Å²) in [6.07, 6.45) is 0.918. The Morgan fingerprint density at radius 2 is 1.65 bits per heavy atom. The van der Waals surface area contributed by atoms with Crippen molar-refractivity contribution < 1.29 is 23.5 Å². The maximum Gasteiger partial charge on any atom is 0.412 e. The highest BCUT2D eigenvalue weighted by atomic mass is 19.1. The van der Waals surface area contributed by atoms with E-state index in [4.69, 9.17) is 9.47 Å². The highest BCUT2D eigenvalue weighted by Crippen LogP contribution is 2.32. The molecule has 0 aromatic heterocycles. The van der Waals surface area contributed by atoms with E-state index in [1.165, 1.54) is 12.1 Å². The van der Waals surface area contributed by atoms with Gasteiger partial charge in [-0.2, -0.15) is 0 Å². The third-order valence-corrected chi connectivity index (χ3v) is 5.09. The van der Waals surface area contributed by atoms with Gasteiger partial charge in [0, 0.05) is 18.9 Å². The van der Waals surface area contributed by atoms with Crippen LogP contribution in [-0.4, -0.2) is 30.8 Å². The molecule has 2 aromatic carbocycles. The summed E-state index contributed by atoms with van der Waals surface area (Å²) in [4.78, 5) is 24.7. The number of amides is 2. The van der Waals surface area contributed by atoms with Crippen LogP contribution in [0.15, 0.2) is 48.5 Å². The fourth-order valence-corrected chi connectivity index (χ4v) is 3.60. The van der Waals surface area contributed by atoms with E-state index in [1.54, 1.807) is 57.2 Å². The summed E-state index contributed by atoms with van der Waals surface area (Å²) in [5.41, 5.74) is 1.13. The molecule has 2 aromatic rings. The zero-order chi connectivity index (χ0) is 22.5. The van der Waals surface area contributed by atoms with Gasteiger partial charge in [-0.05, 0) is 69.0 Å². The number of hydrogen-bond acceptors (Lipinski definition) is 4. The van der Waals surface area contributed by atoms with Crippen molar-refractivity contribution in [1.29, 1.82) is 0 Å². The third-order valence-electron chi connectivity index (χ3n) is 5.09. The molecule has 1 aliphatic rings. The lowest BCUT2D eigenvalue weighted by Crippen LogP contribution is -2.50. The minimum Gasteiger partial charge on any atom is -0.444 e. The van der Waals surface area contributed by atoms with Crippen LogP contribution in [0.4, 0.5) is 14.9 Å². The zero-order valence-electron chi connectivity index (χ0n) is 18.2. The summed E-state index contributed by atoms with van der Waals surface area (Å²) >= 11 is 0. The van der Waals surface area contributed by atoms with Crippen molar-refractivity contribution >= 4 is 17.7 Å². The monoisotopic (exact) mass is 428 g/mol. The van der Waals surface area contributed by atoms with Crippen LogP contribution in [0.25, 0.3) is 0 Å². The second kappa shape index (κ2) is 9.47. The van der Waals surface area contributed by atoms with Crippen molar-refractivity contribution in [3.8, 4) is 0 Å². The van der Waals surface area contributed by atoms with Crippen LogP contribution < -0.4 is 10.6 Å². The predicted molar refractivity (Wildman–Crippen MR) is 116 cm³/mol. The molecule has 0 saturated carbocycles. The van der Waals surface area contributed by atoms with Crippen LogP contribution in [0.1, 0.15) is 44.7 Å². The quantitative estimate of drug-likeness (QED) is 0.733. The molecule has 1 aliphatic heterocycles. The fraction of sp³-hybridized carbons (Fsp3) is 0.417. The second-order valence-electron chi connectivity index (χ2n) is 8.75. The molecule has 3 rings (SSSR count). The van der Waals surface area contributed by atoms with Crippen LogP contribution in [-0.2, 0) is 26.2 Å². The smallest absolute Gasteiger partial charge is 0.412 e. The first kappa shape index (κ1) is 22.7. The largest absolute Gasteiger partial charge is 0.444 e. The lowest BCUT2D eigenvalue weighted by Gasteiger charge is -2.38. The number of benzene rings is 2. The molecule has 2 amide bonds. The Hall–Kier alpha value is -2.93. The van der Waals surface area contributed by atoms with Crippen molar-refractivity contribution in [3.05, 3.63) is 65.5 Å². The predicted octanol–water partition coefficient (Wildman–Crippen LogP) is 4.54. The summed E-state index contributed by atoms with van der Waals surface area (Å²) < 4.78 is 24.1. The maximum atomic E-state index is 13.4. The zero-order valence-corrected chi connectivity index (χ0v) is 18.2. The number of carbonyl (C=O) groups is 2. The molecule has 31 heavy (non-hydrogen) atoms. The van der Waals surface area contributed by atoms with Crippen LogP contribution in [0.2, 0.25) is 0 Å². The van der Waals surface area contributed by atoms with Gasteiger partial charge < -0.3 is 14.8 Å². The number of carbonyl (C=O) groups excluding carboxylic acids is 2. The van der Waals surface area contributed by atoms with E-state index in [0.717, 1.165) is 11.1 Å². The van der Waals surface area contributed by atoms with Gasteiger partial charge in [0.1, 0.15) is 11.4 Å². The molecule has 1 fully saturated rings. The first-order chi connectivity index (χ1) is 14.7. The van der Waals surface area contributed by atoms with Crippen molar-refractivity contribution in [2.75, 3.05) is 18.5 Å². The van der Waals surface area contributed by atoms with Gasteiger partial charge in [-0.25, -0.2) is 9.18 Å². The normalized spacial score (nSPS) is 15.7. The lowest BCUT2D eigenvalue weighted by atomic mass is 9.82. The average molecular weight is 429 g/mol. The second-order valence-corrected chi connectivity index (χ2v) is 8.75. The first-order valence-corrected chi connectivity index (χ1v) is 10.4. The molecule has 7 heteroatoms. The molecule has 0 bridgehead atoms. The summed E-state index contributed by atoms with van der Waals surface area (Å²) in [7, 11) is 0. The Bertz CT molecular complexity index is 899. The van der Waals surface area contributed by atoms with Gasteiger partial charge in [0.05, 0.1) is 12.0 Å². The van der Waals surface area contributed by atoms with Gasteiger partial charge in [-0.15, -0.1) is 0 Å². The Morgan fingerprint density at radius 1 is 1.03 bits per heavy atom. The van der Waals surface area contributed by atoms with E-state index in [2.05, 4.69) is 10.6 Å². The van der Waals surface area contributed by atoms with Crippen molar-refractivity contribution in [2.45, 2.75) is 51.2 Å². The Balaban J connectivity index is 1.63. The number of anilines is 1. The fourth-order valence-electron chi connectivity index (χ4n) is 3.60. The molecular formula is C24H29FN2O4. The molecule has 166 valence electrons. The standard InChI is InChI=1S/C24H29FN2O4/c1-23(2,3)31-22(29)26-20-10-4-17(5-11-20)16-21(28)27-24(12-14-30-15-13-24)18-6-8-19(25)9-7-18/h4-11H,12-16H2,1-3H3,(H,26,29)(H,27,28). The summed E-state index contributed by atoms with van der Waals surface area (Å²) in [6, 6.07) is 13.3. The molecule has 1 heterocycles. The van der Waals surface area contributed by atoms with Crippen LogP contribution in [0, 0.1) is 5.82 Å². The van der Waals surface area contributed by atoms with E-state index < -0.39 is 17.2 Å². The Labute approximate surface area is 182 Å². The average Bonchev–Trinajstić information content (AvgIpc) is 2.69. The van der Waals surface area contributed by atoms with Gasteiger partial charge in [-0.3, -0.25) is 10.1 Å². The highest BCUT2D eigenvalue weighted by Gasteiger charge is 2.35. The van der Waals surface area contributed by atoms with Crippen molar-refractivity contribution in [3.63, 3.8) is 0 Å².